The molecule has 0 amide bonds. The normalized spacial score (nSPS) is 21.2. The molecule has 2 rings (SSSR count). The molecule has 35 heavy (non-hydrogen) atoms. The SMILES string of the molecule is CC[C@@H]1C(=O)C(OC)=C(NCc2ccccc2)[C@@H](O)[C@H]1C/C=C(\C)CC/C=C(\C)CCC=C(C)C. The van der Waals surface area contributed by atoms with Crippen LogP contribution in [0, 0.1) is 11.8 Å². The van der Waals surface area contributed by atoms with Crippen LogP contribution in [0.3, 0.4) is 0 Å². The number of aliphatic hydroxyl groups excluding tert-OH is 1. The van der Waals surface area contributed by atoms with Crippen molar-refractivity contribution in [2.24, 2.45) is 11.8 Å². The number of ether oxygens (including phenoxy) is 1. The summed E-state index contributed by atoms with van der Waals surface area (Å²) in [5.41, 5.74) is 5.70. The molecule has 0 heterocycles. The Balaban J connectivity index is 2.05. The summed E-state index contributed by atoms with van der Waals surface area (Å²) in [7, 11) is 1.51. The van der Waals surface area contributed by atoms with E-state index in [1.165, 1.54) is 23.8 Å². The fraction of sp³-hybridized carbons (Fsp3) is 0.516. The molecule has 0 saturated heterocycles. The van der Waals surface area contributed by atoms with Crippen LogP contribution in [0.1, 0.15) is 78.7 Å². The van der Waals surface area contributed by atoms with E-state index in [1.807, 2.05) is 37.3 Å². The molecule has 0 radical (unpaired) electrons. The van der Waals surface area contributed by atoms with Crippen molar-refractivity contribution in [2.45, 2.75) is 85.8 Å². The lowest BCUT2D eigenvalue weighted by atomic mass is 9.74. The van der Waals surface area contributed by atoms with Gasteiger partial charge in [0.1, 0.15) is 6.10 Å². The predicted molar refractivity (Wildman–Crippen MR) is 146 cm³/mol. The Morgan fingerprint density at radius 3 is 2.23 bits per heavy atom. The fourth-order valence-corrected chi connectivity index (χ4v) is 4.71. The van der Waals surface area contributed by atoms with Gasteiger partial charge in [-0.15, -0.1) is 0 Å². The molecule has 4 nitrogen and oxygen atoms in total. The molecule has 2 N–H and O–H groups in total. The molecule has 0 aromatic heterocycles. The Bertz CT molecular complexity index is 935. The van der Waals surface area contributed by atoms with Gasteiger partial charge in [0.25, 0.3) is 0 Å². The number of carbonyl (C=O) groups excluding carboxylic acids is 1. The Hall–Kier alpha value is -2.59. The molecule has 1 aromatic carbocycles. The average Bonchev–Trinajstić information content (AvgIpc) is 2.83. The molecule has 0 saturated carbocycles. The molecular weight excluding hydrogens is 434 g/mol. The van der Waals surface area contributed by atoms with E-state index in [2.05, 4.69) is 51.2 Å². The summed E-state index contributed by atoms with van der Waals surface area (Å²) in [5, 5.41) is 14.6. The molecule has 0 bridgehead atoms. The summed E-state index contributed by atoms with van der Waals surface area (Å²) in [4.78, 5) is 13.2. The topological polar surface area (TPSA) is 58.6 Å². The van der Waals surface area contributed by atoms with Crippen LogP contribution in [0.4, 0.5) is 0 Å². The van der Waals surface area contributed by atoms with Gasteiger partial charge >= 0.3 is 0 Å². The minimum Gasteiger partial charge on any atom is -0.491 e. The highest BCUT2D eigenvalue weighted by molar-refractivity contribution is 5.97. The number of nitrogens with one attached hydrogen (secondary N) is 1. The first-order valence-electron chi connectivity index (χ1n) is 13.0. The van der Waals surface area contributed by atoms with Gasteiger partial charge in [0, 0.05) is 18.4 Å². The van der Waals surface area contributed by atoms with Gasteiger partial charge in [-0.2, -0.15) is 0 Å². The van der Waals surface area contributed by atoms with Crippen molar-refractivity contribution >= 4 is 5.78 Å². The Morgan fingerprint density at radius 1 is 1.00 bits per heavy atom. The van der Waals surface area contributed by atoms with Crippen LogP contribution in [-0.2, 0) is 16.1 Å². The third-order valence-corrected chi connectivity index (χ3v) is 6.85. The van der Waals surface area contributed by atoms with Crippen molar-refractivity contribution in [1.29, 1.82) is 0 Å². The number of ketones is 1. The molecule has 3 atom stereocenters. The number of hydrogen-bond donors (Lipinski definition) is 2. The second-order valence-electron chi connectivity index (χ2n) is 9.97. The lowest BCUT2D eigenvalue weighted by Crippen LogP contribution is -2.44. The highest BCUT2D eigenvalue weighted by Crippen LogP contribution is 2.36. The van der Waals surface area contributed by atoms with Crippen LogP contribution in [0.2, 0.25) is 0 Å². The lowest BCUT2D eigenvalue weighted by molar-refractivity contribution is -0.127. The van der Waals surface area contributed by atoms with Crippen LogP contribution < -0.4 is 5.32 Å². The minimum absolute atomic E-state index is 0.0122. The molecule has 1 aliphatic rings. The van der Waals surface area contributed by atoms with Gasteiger partial charge in [0.05, 0.1) is 12.8 Å². The summed E-state index contributed by atoms with van der Waals surface area (Å²) in [5.74, 6) is -0.155. The van der Waals surface area contributed by atoms with Gasteiger partial charge in [-0.05, 0) is 71.8 Å². The number of Topliss-reactive ketones (excluding diaryl/α,β-unsaturated/α-hetero) is 1. The number of rotatable bonds is 13. The summed E-state index contributed by atoms with van der Waals surface area (Å²) >= 11 is 0. The smallest absolute Gasteiger partial charge is 0.202 e. The third-order valence-electron chi connectivity index (χ3n) is 6.85. The van der Waals surface area contributed by atoms with E-state index >= 15 is 0 Å². The zero-order chi connectivity index (χ0) is 25.8. The van der Waals surface area contributed by atoms with E-state index in [1.54, 1.807) is 0 Å². The molecule has 192 valence electrons. The number of carbonyl (C=O) groups is 1. The monoisotopic (exact) mass is 479 g/mol. The van der Waals surface area contributed by atoms with Gasteiger partial charge in [0.15, 0.2) is 5.76 Å². The second-order valence-corrected chi connectivity index (χ2v) is 9.97. The van der Waals surface area contributed by atoms with Gasteiger partial charge in [-0.1, -0.05) is 72.2 Å². The Kier molecular flexibility index (Phi) is 12.1. The van der Waals surface area contributed by atoms with Crippen LogP contribution in [0.25, 0.3) is 0 Å². The molecule has 0 unspecified atom stereocenters. The van der Waals surface area contributed by atoms with Gasteiger partial charge < -0.3 is 15.2 Å². The van der Waals surface area contributed by atoms with Crippen molar-refractivity contribution in [3.63, 3.8) is 0 Å². The first-order valence-corrected chi connectivity index (χ1v) is 13.0. The maximum Gasteiger partial charge on any atom is 0.202 e. The van der Waals surface area contributed by atoms with Crippen LogP contribution in [-0.4, -0.2) is 24.1 Å². The van der Waals surface area contributed by atoms with Gasteiger partial charge in [-0.3, -0.25) is 4.79 Å². The minimum atomic E-state index is -0.766. The van der Waals surface area contributed by atoms with E-state index in [0.29, 0.717) is 25.1 Å². The largest absolute Gasteiger partial charge is 0.491 e. The first kappa shape index (κ1) is 28.6. The molecular formula is C31H45NO3. The van der Waals surface area contributed by atoms with Crippen molar-refractivity contribution in [3.05, 3.63) is 82.3 Å². The van der Waals surface area contributed by atoms with Gasteiger partial charge in [0.2, 0.25) is 5.78 Å². The average molecular weight is 480 g/mol. The van der Waals surface area contributed by atoms with Gasteiger partial charge in [-0.25, -0.2) is 0 Å². The summed E-state index contributed by atoms with van der Waals surface area (Å²) in [6.07, 6.45) is 11.6. The second kappa shape index (κ2) is 14.7. The first-order chi connectivity index (χ1) is 16.8. The molecule has 0 fully saturated rings. The Labute approximate surface area is 212 Å². The molecule has 1 aliphatic carbocycles. The number of methoxy groups -OCH3 is 1. The number of benzene rings is 1. The third kappa shape index (κ3) is 8.85. The molecule has 0 aliphatic heterocycles. The van der Waals surface area contributed by atoms with E-state index < -0.39 is 6.10 Å². The summed E-state index contributed by atoms with van der Waals surface area (Å²) < 4.78 is 5.48. The summed E-state index contributed by atoms with van der Waals surface area (Å²) in [6, 6.07) is 9.98. The highest BCUT2D eigenvalue weighted by Gasteiger charge is 2.42. The standard InChI is InChI=1S/C31H45NO3/c1-7-26-27(20-19-24(5)16-12-15-23(4)14-11-13-22(2)3)29(33)28(31(35-6)30(26)34)32-21-25-17-9-8-10-18-25/h8-10,13,15,17-19,26-27,29,32-33H,7,11-12,14,16,20-21H2,1-6H3/b23-15+,24-19+/t26-,27-,29-/m0/s1. The quantitative estimate of drug-likeness (QED) is 0.298. The van der Waals surface area contributed by atoms with Crippen LogP contribution >= 0.6 is 0 Å². The number of aliphatic hydroxyl groups is 1. The zero-order valence-electron chi connectivity index (χ0n) is 22.6. The van der Waals surface area contributed by atoms with E-state index in [-0.39, 0.29) is 23.4 Å². The number of allylic oxidation sites excluding steroid dienone is 7. The molecule has 1 aromatic rings. The summed E-state index contributed by atoms with van der Waals surface area (Å²) in [6.45, 7) is 11.2. The van der Waals surface area contributed by atoms with Crippen molar-refractivity contribution in [1.82, 2.24) is 5.32 Å². The maximum absolute atomic E-state index is 13.2. The molecule has 4 heteroatoms. The molecule has 0 spiro atoms. The zero-order valence-corrected chi connectivity index (χ0v) is 22.6. The van der Waals surface area contributed by atoms with E-state index in [9.17, 15) is 9.90 Å². The van der Waals surface area contributed by atoms with Crippen LogP contribution in [0.15, 0.2) is 76.7 Å². The van der Waals surface area contributed by atoms with Crippen LogP contribution in [0.5, 0.6) is 0 Å². The maximum atomic E-state index is 13.2. The van der Waals surface area contributed by atoms with E-state index in [4.69, 9.17) is 4.74 Å². The Morgan fingerprint density at radius 2 is 1.63 bits per heavy atom. The predicted octanol–water partition coefficient (Wildman–Crippen LogP) is 7.03. The number of hydrogen-bond acceptors (Lipinski definition) is 4. The fourth-order valence-electron chi connectivity index (χ4n) is 4.71. The highest BCUT2D eigenvalue weighted by atomic mass is 16.5. The lowest BCUT2D eigenvalue weighted by Gasteiger charge is -2.36. The van der Waals surface area contributed by atoms with Crippen molar-refractivity contribution < 1.29 is 14.6 Å². The van der Waals surface area contributed by atoms with Crippen molar-refractivity contribution in [2.75, 3.05) is 7.11 Å². The van der Waals surface area contributed by atoms with E-state index in [0.717, 1.165) is 31.2 Å². The van der Waals surface area contributed by atoms with Crippen molar-refractivity contribution in [3.8, 4) is 0 Å².